The minimum Gasteiger partial charge on any atom is -0.493 e. The average molecular weight is 380 g/mol. The number of benzene rings is 1. The first kappa shape index (κ1) is 12.9. The number of hydrogen-bond acceptors (Lipinski definition) is 4. The number of allylic oxidation sites excluding steroid dienone is 1. The third-order valence-corrected chi connectivity index (χ3v) is 3.49. The molecule has 100 valence electrons. The Morgan fingerprint density at radius 2 is 2.05 bits per heavy atom. The molecule has 0 radical (unpaired) electrons. The third-order valence-electron chi connectivity index (χ3n) is 2.77. The van der Waals surface area contributed by atoms with E-state index in [4.69, 9.17) is 0 Å². The van der Waals surface area contributed by atoms with Crippen molar-refractivity contribution in [3.8, 4) is 11.6 Å². The zero-order valence-electron chi connectivity index (χ0n) is 10.1. The van der Waals surface area contributed by atoms with Gasteiger partial charge < -0.3 is 5.11 Å². The lowest BCUT2D eigenvalue weighted by atomic mass is 10.2. The molecule has 1 aromatic heterocycles. The van der Waals surface area contributed by atoms with Crippen molar-refractivity contribution >= 4 is 28.7 Å². The molecule has 0 amide bonds. The lowest BCUT2D eigenvalue weighted by molar-refractivity contribution is 0.432. The number of aromatic hydroxyl groups is 1. The van der Waals surface area contributed by atoms with Crippen LogP contribution in [0.4, 0.5) is 0 Å². The van der Waals surface area contributed by atoms with E-state index in [1.54, 1.807) is 6.08 Å². The Kier molecular flexibility index (Phi) is 3.26. The third kappa shape index (κ3) is 2.31. The van der Waals surface area contributed by atoms with Crippen molar-refractivity contribution in [1.82, 2.24) is 9.78 Å². The van der Waals surface area contributed by atoms with Crippen molar-refractivity contribution in [2.75, 3.05) is 0 Å². The summed E-state index contributed by atoms with van der Waals surface area (Å²) in [6.45, 7) is 0. The lowest BCUT2D eigenvalue weighted by Crippen LogP contribution is -2.05. The van der Waals surface area contributed by atoms with Gasteiger partial charge in [-0.25, -0.2) is 4.68 Å². The van der Waals surface area contributed by atoms with Gasteiger partial charge in [-0.1, -0.05) is 0 Å². The number of azo groups is 1. The molecule has 2 heterocycles. The molecule has 2 aromatic rings. The van der Waals surface area contributed by atoms with Gasteiger partial charge in [0, 0.05) is 3.57 Å². The molecule has 0 fully saturated rings. The smallest absolute Gasteiger partial charge is 0.275 e. The van der Waals surface area contributed by atoms with E-state index in [0.29, 0.717) is 11.4 Å². The Labute approximate surface area is 127 Å². The molecule has 0 aliphatic carbocycles. The average Bonchev–Trinajstić information content (AvgIpc) is 3.04. The number of rotatable bonds is 2. The highest BCUT2D eigenvalue weighted by Gasteiger charge is 2.14. The summed E-state index contributed by atoms with van der Waals surface area (Å²) in [4.78, 5) is 11.9. The van der Waals surface area contributed by atoms with Crippen LogP contribution in [0.5, 0.6) is 5.88 Å². The van der Waals surface area contributed by atoms with Crippen LogP contribution in [0.1, 0.15) is 5.56 Å². The van der Waals surface area contributed by atoms with E-state index in [2.05, 4.69) is 37.9 Å². The summed E-state index contributed by atoms with van der Waals surface area (Å²) in [6, 6.07) is 7.40. The molecular weight excluding hydrogens is 371 g/mol. The van der Waals surface area contributed by atoms with Gasteiger partial charge in [-0.3, -0.25) is 9.89 Å². The van der Waals surface area contributed by atoms with Gasteiger partial charge in [-0.05, 0) is 59.0 Å². The van der Waals surface area contributed by atoms with Crippen LogP contribution >= 0.6 is 22.6 Å². The Morgan fingerprint density at radius 3 is 2.70 bits per heavy atom. The first-order chi connectivity index (χ1) is 9.65. The molecule has 6 nitrogen and oxygen atoms in total. The maximum absolute atomic E-state index is 11.9. The van der Waals surface area contributed by atoms with Crippen molar-refractivity contribution in [2.45, 2.75) is 0 Å². The van der Waals surface area contributed by atoms with Crippen LogP contribution in [0.15, 0.2) is 57.3 Å². The normalized spacial score (nSPS) is 15.3. The van der Waals surface area contributed by atoms with Crippen molar-refractivity contribution in [1.29, 1.82) is 0 Å². The molecule has 1 aliphatic rings. The Morgan fingerprint density at radius 1 is 1.30 bits per heavy atom. The van der Waals surface area contributed by atoms with Gasteiger partial charge in [0.2, 0.25) is 5.88 Å². The van der Waals surface area contributed by atoms with E-state index in [1.807, 2.05) is 24.3 Å². The second kappa shape index (κ2) is 5.08. The topological polar surface area (TPSA) is 82.7 Å². The Balaban J connectivity index is 2.09. The number of nitrogens with one attached hydrogen (secondary N) is 1. The van der Waals surface area contributed by atoms with Crippen molar-refractivity contribution in [3.63, 3.8) is 0 Å². The van der Waals surface area contributed by atoms with Gasteiger partial charge in [-0.2, -0.15) is 10.2 Å². The van der Waals surface area contributed by atoms with E-state index < -0.39 is 0 Å². The van der Waals surface area contributed by atoms with Crippen LogP contribution in [0.25, 0.3) is 11.8 Å². The highest BCUT2D eigenvalue weighted by Crippen LogP contribution is 2.22. The molecule has 7 heteroatoms. The summed E-state index contributed by atoms with van der Waals surface area (Å²) in [5.74, 6) is -0.154. The van der Waals surface area contributed by atoms with Gasteiger partial charge in [0.05, 0.1) is 17.6 Å². The second-order valence-corrected chi connectivity index (χ2v) is 5.34. The maximum Gasteiger partial charge on any atom is 0.275 e. The summed E-state index contributed by atoms with van der Waals surface area (Å²) in [7, 11) is 0. The minimum atomic E-state index is -0.385. The molecule has 1 aromatic carbocycles. The molecule has 0 unspecified atom stereocenters. The zero-order valence-corrected chi connectivity index (χ0v) is 12.3. The van der Waals surface area contributed by atoms with Crippen LogP contribution in [-0.4, -0.2) is 14.9 Å². The van der Waals surface area contributed by atoms with Crippen LogP contribution in [0, 0.1) is 3.57 Å². The van der Waals surface area contributed by atoms with E-state index in [-0.39, 0.29) is 17.0 Å². The predicted molar refractivity (Wildman–Crippen MR) is 82.7 cm³/mol. The van der Waals surface area contributed by atoms with Crippen LogP contribution in [-0.2, 0) is 0 Å². The summed E-state index contributed by atoms with van der Waals surface area (Å²) in [5, 5.41) is 20.2. The van der Waals surface area contributed by atoms with E-state index in [0.717, 1.165) is 3.57 Å². The molecule has 0 bridgehead atoms. The first-order valence-electron chi connectivity index (χ1n) is 5.74. The zero-order chi connectivity index (χ0) is 14.1. The number of halogens is 1. The van der Waals surface area contributed by atoms with E-state index in [1.165, 1.54) is 17.0 Å². The minimum absolute atomic E-state index is 0.154. The Hall–Kier alpha value is -2.16. The number of aromatic nitrogens is 2. The fourth-order valence-corrected chi connectivity index (χ4v) is 2.17. The predicted octanol–water partition coefficient (Wildman–Crippen LogP) is 2.80. The number of H-pyrrole nitrogens is 1. The Bertz CT molecular complexity index is 783. The molecule has 2 N–H and O–H groups in total. The fraction of sp³-hybridized carbons (Fsp3) is 0. The molecule has 0 saturated carbocycles. The quantitative estimate of drug-likeness (QED) is 0.786. The van der Waals surface area contributed by atoms with Crippen molar-refractivity contribution in [3.05, 3.63) is 61.7 Å². The summed E-state index contributed by atoms with van der Waals surface area (Å²) < 4.78 is 2.40. The summed E-state index contributed by atoms with van der Waals surface area (Å²) >= 11 is 2.19. The molecule has 3 rings (SSSR count). The van der Waals surface area contributed by atoms with Gasteiger partial charge in [0.15, 0.2) is 0 Å². The fourth-order valence-electron chi connectivity index (χ4n) is 1.81. The molecule has 0 spiro atoms. The second-order valence-electron chi connectivity index (χ2n) is 4.09. The maximum atomic E-state index is 11.9. The summed E-state index contributed by atoms with van der Waals surface area (Å²) in [5.41, 5.74) is 0.965. The molecule has 20 heavy (non-hydrogen) atoms. The lowest BCUT2D eigenvalue weighted by Gasteiger charge is -2.03. The molecule has 0 saturated heterocycles. The van der Waals surface area contributed by atoms with E-state index >= 15 is 0 Å². The van der Waals surface area contributed by atoms with Gasteiger partial charge >= 0.3 is 0 Å². The highest BCUT2D eigenvalue weighted by molar-refractivity contribution is 14.1. The van der Waals surface area contributed by atoms with Crippen molar-refractivity contribution < 1.29 is 5.11 Å². The van der Waals surface area contributed by atoms with Crippen LogP contribution < -0.4 is 5.56 Å². The van der Waals surface area contributed by atoms with Crippen LogP contribution in [0.3, 0.4) is 0 Å². The number of nitrogens with zero attached hydrogens (tertiary/aromatic N) is 3. The number of aromatic amines is 1. The highest BCUT2D eigenvalue weighted by atomic mass is 127. The molecular formula is C13H9IN4O2. The van der Waals surface area contributed by atoms with Crippen molar-refractivity contribution in [2.24, 2.45) is 10.2 Å². The SMILES string of the molecule is O=c1[nH]n(-c2ccc(I)cc2)c(O)c1/C=C1\C=CN=N1. The largest absolute Gasteiger partial charge is 0.493 e. The van der Waals surface area contributed by atoms with Crippen LogP contribution in [0.2, 0.25) is 0 Å². The number of hydrogen-bond donors (Lipinski definition) is 2. The first-order valence-corrected chi connectivity index (χ1v) is 6.82. The van der Waals surface area contributed by atoms with Gasteiger partial charge in [0.1, 0.15) is 5.56 Å². The monoisotopic (exact) mass is 380 g/mol. The molecule has 0 atom stereocenters. The standard InChI is InChI=1S/C13H9IN4O2/c14-8-1-3-10(4-2-8)18-13(20)11(12(19)17-18)7-9-5-6-15-16-9/h1-7,20H,(H,17,19)/b9-7+. The van der Waals surface area contributed by atoms with E-state index in [9.17, 15) is 9.90 Å². The molecule has 1 aliphatic heterocycles. The van der Waals surface area contributed by atoms with Gasteiger partial charge in [-0.15, -0.1) is 0 Å². The summed E-state index contributed by atoms with van der Waals surface area (Å²) in [6.07, 6.45) is 4.67. The van der Waals surface area contributed by atoms with Gasteiger partial charge in [0.25, 0.3) is 5.56 Å².